The summed E-state index contributed by atoms with van der Waals surface area (Å²) < 4.78 is 14.6. The number of hydrogen-bond acceptors (Lipinski definition) is 4. The monoisotopic (exact) mass is 519 g/mol. The van der Waals surface area contributed by atoms with Crippen LogP contribution in [0.3, 0.4) is 0 Å². The van der Waals surface area contributed by atoms with Gasteiger partial charge >= 0.3 is 0 Å². The van der Waals surface area contributed by atoms with Crippen LogP contribution in [0.1, 0.15) is 25.7 Å². The van der Waals surface area contributed by atoms with Crippen molar-refractivity contribution < 1.29 is 19.7 Å². The van der Waals surface area contributed by atoms with Crippen molar-refractivity contribution in [3.05, 3.63) is 91.0 Å². The Labute approximate surface area is 227 Å². The van der Waals surface area contributed by atoms with Crippen LogP contribution < -0.4 is 9.47 Å². The van der Waals surface area contributed by atoms with Crippen molar-refractivity contribution in [2.45, 2.75) is 25.7 Å². The van der Waals surface area contributed by atoms with Crippen molar-refractivity contribution in [1.82, 2.24) is 4.57 Å². The number of unbranched alkanes of at least 4 members (excludes halogenated alkanes) is 2. The van der Waals surface area contributed by atoms with E-state index in [9.17, 15) is 10.2 Å². The topological polar surface area (TPSA) is 63.9 Å². The fourth-order valence-corrected chi connectivity index (χ4v) is 5.49. The number of hydrogen-bond donors (Lipinski definition) is 2. The van der Waals surface area contributed by atoms with Gasteiger partial charge in [-0.25, -0.2) is 0 Å². The largest absolute Gasteiger partial charge is 0.493 e. The van der Waals surface area contributed by atoms with Crippen LogP contribution in [-0.2, 0) is 0 Å². The van der Waals surface area contributed by atoms with Crippen LogP contribution in [-0.4, -0.2) is 41.2 Å². The summed E-state index contributed by atoms with van der Waals surface area (Å²) in [6.07, 6.45) is 2.97. The van der Waals surface area contributed by atoms with Crippen LogP contribution in [0.5, 0.6) is 11.5 Å². The second-order valence-corrected chi connectivity index (χ2v) is 9.92. The molecule has 0 amide bonds. The SMILES string of the molecule is OCCCCOc1cc(OCCCCO)cc(-n2c3ccc4ccccc4c3c3c4ccccc4ccc32)c1. The molecule has 0 aliphatic carbocycles. The maximum atomic E-state index is 9.17. The maximum Gasteiger partial charge on any atom is 0.125 e. The van der Waals surface area contributed by atoms with Gasteiger partial charge in [-0.2, -0.15) is 0 Å². The molecule has 5 aromatic carbocycles. The Bertz CT molecular complexity index is 1630. The molecule has 198 valence electrons. The third kappa shape index (κ3) is 4.91. The van der Waals surface area contributed by atoms with Gasteiger partial charge in [-0.3, -0.25) is 0 Å². The Kier molecular flexibility index (Phi) is 7.35. The van der Waals surface area contributed by atoms with Crippen molar-refractivity contribution in [3.63, 3.8) is 0 Å². The van der Waals surface area contributed by atoms with E-state index in [2.05, 4.69) is 89.5 Å². The first-order chi connectivity index (χ1) is 19.3. The van der Waals surface area contributed by atoms with Crippen molar-refractivity contribution in [1.29, 1.82) is 0 Å². The Morgan fingerprint density at radius 3 is 1.51 bits per heavy atom. The summed E-state index contributed by atoms with van der Waals surface area (Å²) in [5, 5.41) is 25.7. The van der Waals surface area contributed by atoms with Gasteiger partial charge in [0.1, 0.15) is 11.5 Å². The lowest BCUT2D eigenvalue weighted by Crippen LogP contribution is -2.03. The number of aromatic nitrogens is 1. The lowest BCUT2D eigenvalue weighted by molar-refractivity contribution is 0.247. The number of nitrogens with zero attached hydrogens (tertiary/aromatic N) is 1. The Morgan fingerprint density at radius 2 is 1.03 bits per heavy atom. The summed E-state index contributed by atoms with van der Waals surface area (Å²) in [5.41, 5.74) is 3.23. The lowest BCUT2D eigenvalue weighted by Gasteiger charge is -2.15. The molecule has 2 N–H and O–H groups in total. The molecule has 39 heavy (non-hydrogen) atoms. The minimum absolute atomic E-state index is 0.159. The molecule has 5 heteroatoms. The summed E-state index contributed by atoms with van der Waals surface area (Å²) >= 11 is 0. The van der Waals surface area contributed by atoms with E-state index in [0.29, 0.717) is 26.1 Å². The summed E-state index contributed by atoms with van der Waals surface area (Å²) in [4.78, 5) is 0. The number of aliphatic hydroxyl groups excluding tert-OH is 2. The van der Waals surface area contributed by atoms with Gasteiger partial charge in [0.25, 0.3) is 0 Å². The van der Waals surface area contributed by atoms with Crippen molar-refractivity contribution in [3.8, 4) is 17.2 Å². The molecule has 0 fully saturated rings. The molecule has 1 aromatic heterocycles. The first-order valence-corrected chi connectivity index (χ1v) is 13.7. The molecular weight excluding hydrogens is 486 g/mol. The van der Waals surface area contributed by atoms with Crippen LogP contribution in [0.25, 0.3) is 49.0 Å². The zero-order valence-corrected chi connectivity index (χ0v) is 22.0. The number of fused-ring (bicyclic) bond motifs is 7. The summed E-state index contributed by atoms with van der Waals surface area (Å²) in [6.45, 7) is 1.37. The third-order valence-electron chi connectivity index (χ3n) is 7.31. The van der Waals surface area contributed by atoms with Crippen LogP contribution in [0, 0.1) is 0 Å². The van der Waals surface area contributed by atoms with Crippen molar-refractivity contribution in [2.24, 2.45) is 0 Å². The molecule has 6 aromatic rings. The smallest absolute Gasteiger partial charge is 0.125 e. The zero-order valence-electron chi connectivity index (χ0n) is 22.0. The highest BCUT2D eigenvalue weighted by molar-refractivity contribution is 6.28. The van der Waals surface area contributed by atoms with Gasteiger partial charge in [0.2, 0.25) is 0 Å². The number of aliphatic hydroxyl groups is 2. The third-order valence-corrected chi connectivity index (χ3v) is 7.31. The van der Waals surface area contributed by atoms with Gasteiger partial charge in [-0.1, -0.05) is 60.7 Å². The summed E-state index contributed by atoms with van der Waals surface area (Å²) in [5.74, 6) is 1.47. The van der Waals surface area contributed by atoms with E-state index < -0.39 is 0 Å². The standard InChI is InChI=1S/C34H33NO4/c36-17-5-7-19-38-27-21-26(22-28(23-27)39-20-8-6-18-37)35-31-15-13-24-9-1-3-11-29(24)33(31)34-30-12-4-2-10-25(30)14-16-32(34)35/h1-4,9-16,21-23,36-37H,5-8,17-20H2. The molecule has 5 nitrogen and oxygen atoms in total. The van der Waals surface area contributed by atoms with Crippen molar-refractivity contribution in [2.75, 3.05) is 26.4 Å². The van der Waals surface area contributed by atoms with E-state index in [1.54, 1.807) is 0 Å². The van der Waals surface area contributed by atoms with Crippen LogP contribution >= 0.6 is 0 Å². The van der Waals surface area contributed by atoms with Crippen LogP contribution in [0.15, 0.2) is 91.0 Å². The second kappa shape index (κ2) is 11.4. The van der Waals surface area contributed by atoms with Gasteiger partial charge in [-0.15, -0.1) is 0 Å². The van der Waals surface area contributed by atoms with E-state index in [0.717, 1.165) is 41.1 Å². The van der Waals surface area contributed by atoms with E-state index in [-0.39, 0.29) is 13.2 Å². The average molecular weight is 520 g/mol. The van der Waals surface area contributed by atoms with Gasteiger partial charge in [0.15, 0.2) is 0 Å². The molecule has 0 saturated heterocycles. The number of ether oxygens (including phenoxy) is 2. The average Bonchev–Trinajstić information content (AvgIpc) is 3.33. The molecule has 6 rings (SSSR count). The molecule has 1 heterocycles. The van der Waals surface area contributed by atoms with E-state index in [1.807, 2.05) is 6.07 Å². The fraction of sp³-hybridized carbons (Fsp3) is 0.235. The van der Waals surface area contributed by atoms with Crippen LogP contribution in [0.2, 0.25) is 0 Å². The molecule has 0 aliphatic heterocycles. The quantitative estimate of drug-likeness (QED) is 0.175. The second-order valence-electron chi connectivity index (χ2n) is 9.92. The molecule has 0 aliphatic rings. The van der Waals surface area contributed by atoms with E-state index >= 15 is 0 Å². The molecule has 0 bridgehead atoms. The minimum atomic E-state index is 0.159. The predicted octanol–water partition coefficient (Wildman–Crippen LogP) is 7.39. The highest BCUT2D eigenvalue weighted by Crippen LogP contribution is 2.41. The maximum absolute atomic E-state index is 9.17. The zero-order chi connectivity index (χ0) is 26.6. The molecular formula is C34H33NO4. The Balaban J connectivity index is 1.58. The normalized spacial score (nSPS) is 11.6. The Morgan fingerprint density at radius 1 is 0.538 bits per heavy atom. The predicted molar refractivity (Wildman–Crippen MR) is 159 cm³/mol. The van der Waals surface area contributed by atoms with Gasteiger partial charge in [-0.05, 0) is 59.4 Å². The van der Waals surface area contributed by atoms with Crippen LogP contribution in [0.4, 0.5) is 0 Å². The molecule has 0 unspecified atom stereocenters. The van der Waals surface area contributed by atoms with Crippen molar-refractivity contribution >= 4 is 43.4 Å². The first-order valence-electron chi connectivity index (χ1n) is 13.7. The number of benzene rings is 5. The van der Waals surface area contributed by atoms with E-state index in [1.165, 1.54) is 32.3 Å². The minimum Gasteiger partial charge on any atom is -0.493 e. The van der Waals surface area contributed by atoms with Gasteiger partial charge < -0.3 is 24.3 Å². The molecule has 0 atom stereocenters. The lowest BCUT2D eigenvalue weighted by atomic mass is 10.00. The molecule has 0 spiro atoms. The van der Waals surface area contributed by atoms with E-state index in [4.69, 9.17) is 9.47 Å². The summed E-state index contributed by atoms with van der Waals surface area (Å²) in [7, 11) is 0. The molecule has 0 radical (unpaired) electrons. The summed E-state index contributed by atoms with van der Waals surface area (Å²) in [6, 6.07) is 32.0. The van der Waals surface area contributed by atoms with Gasteiger partial charge in [0.05, 0.1) is 29.9 Å². The highest BCUT2D eigenvalue weighted by Gasteiger charge is 2.18. The van der Waals surface area contributed by atoms with Gasteiger partial charge in [0, 0.05) is 42.2 Å². The molecule has 0 saturated carbocycles. The highest BCUT2D eigenvalue weighted by atomic mass is 16.5. The fourth-order valence-electron chi connectivity index (χ4n) is 5.49. The Hall–Kier alpha value is -4.06. The first kappa shape index (κ1) is 25.2. The number of rotatable bonds is 11.